The molecule has 1 aliphatic rings. The third kappa shape index (κ3) is 3.52. The Bertz CT molecular complexity index is 836. The molecule has 128 valence electrons. The smallest absolute Gasteiger partial charge is 0.243 e. The predicted molar refractivity (Wildman–Crippen MR) is 93.8 cm³/mol. The monoisotopic (exact) mass is 388 g/mol. The zero-order valence-electron chi connectivity index (χ0n) is 12.6. The highest BCUT2D eigenvalue weighted by Gasteiger charge is 2.28. The van der Waals surface area contributed by atoms with Crippen molar-refractivity contribution >= 4 is 38.9 Å². The van der Waals surface area contributed by atoms with Gasteiger partial charge in [0.25, 0.3) is 0 Å². The molecule has 0 bridgehead atoms. The highest BCUT2D eigenvalue weighted by molar-refractivity contribution is 7.89. The summed E-state index contributed by atoms with van der Waals surface area (Å²) in [5.41, 5.74) is 0.782. The number of anilines is 1. The number of benzene rings is 2. The molecule has 1 heterocycles. The van der Waals surface area contributed by atoms with Gasteiger partial charge in [-0.05, 0) is 42.5 Å². The van der Waals surface area contributed by atoms with Gasteiger partial charge in [0.1, 0.15) is 5.82 Å². The van der Waals surface area contributed by atoms with Gasteiger partial charge in [0.15, 0.2) is 0 Å². The number of hydrogen-bond donors (Lipinski definition) is 0. The van der Waals surface area contributed by atoms with Crippen molar-refractivity contribution in [2.24, 2.45) is 0 Å². The fraction of sp³-hybridized carbons (Fsp3) is 0.250. The van der Waals surface area contributed by atoms with E-state index in [9.17, 15) is 12.8 Å². The van der Waals surface area contributed by atoms with E-state index in [1.807, 2.05) is 4.90 Å². The van der Waals surface area contributed by atoms with E-state index in [1.54, 1.807) is 24.3 Å². The van der Waals surface area contributed by atoms with E-state index in [-0.39, 0.29) is 9.92 Å². The van der Waals surface area contributed by atoms with Gasteiger partial charge < -0.3 is 4.90 Å². The van der Waals surface area contributed by atoms with E-state index in [1.165, 1.54) is 22.5 Å². The Balaban J connectivity index is 1.72. The topological polar surface area (TPSA) is 40.6 Å². The van der Waals surface area contributed by atoms with Gasteiger partial charge in [-0.15, -0.1) is 0 Å². The van der Waals surface area contributed by atoms with Crippen LogP contribution in [0.25, 0.3) is 0 Å². The minimum atomic E-state index is -3.54. The van der Waals surface area contributed by atoms with Crippen LogP contribution < -0.4 is 4.90 Å². The molecule has 0 atom stereocenters. The van der Waals surface area contributed by atoms with Gasteiger partial charge in [-0.25, -0.2) is 12.8 Å². The van der Waals surface area contributed by atoms with E-state index in [0.29, 0.717) is 31.2 Å². The quantitative estimate of drug-likeness (QED) is 0.805. The van der Waals surface area contributed by atoms with Gasteiger partial charge in [0.2, 0.25) is 10.0 Å². The summed E-state index contributed by atoms with van der Waals surface area (Å²) in [6, 6.07) is 10.6. The summed E-state index contributed by atoms with van der Waals surface area (Å²) >= 11 is 11.6. The van der Waals surface area contributed by atoms with Crippen LogP contribution in [0.2, 0.25) is 10.0 Å². The maximum atomic E-state index is 13.3. The summed E-state index contributed by atoms with van der Waals surface area (Å²) in [6.07, 6.45) is 0. The molecule has 0 radical (unpaired) electrons. The lowest BCUT2D eigenvalue weighted by molar-refractivity contribution is 0.385. The number of rotatable bonds is 3. The summed E-state index contributed by atoms with van der Waals surface area (Å²) in [5, 5.41) is 0.552. The lowest BCUT2D eigenvalue weighted by Gasteiger charge is -2.35. The highest BCUT2D eigenvalue weighted by Crippen LogP contribution is 2.25. The molecule has 2 aromatic rings. The van der Waals surface area contributed by atoms with Gasteiger partial charge in [-0.2, -0.15) is 4.31 Å². The Morgan fingerprint density at radius 1 is 0.917 bits per heavy atom. The number of nitrogens with zero attached hydrogens (tertiary/aromatic N) is 2. The van der Waals surface area contributed by atoms with Gasteiger partial charge >= 0.3 is 0 Å². The molecule has 0 aliphatic carbocycles. The second-order valence-electron chi connectivity index (χ2n) is 5.44. The van der Waals surface area contributed by atoms with Crippen molar-refractivity contribution < 1.29 is 12.8 Å². The number of sulfonamides is 1. The molecule has 24 heavy (non-hydrogen) atoms. The molecule has 4 nitrogen and oxygen atoms in total. The highest BCUT2D eigenvalue weighted by atomic mass is 35.5. The summed E-state index contributed by atoms with van der Waals surface area (Å²) in [6.45, 7) is 1.71. The number of piperazine rings is 1. The first-order valence-electron chi connectivity index (χ1n) is 7.33. The Labute approximate surface area is 150 Å². The molecule has 2 aromatic carbocycles. The van der Waals surface area contributed by atoms with Crippen LogP contribution in [0.1, 0.15) is 0 Å². The van der Waals surface area contributed by atoms with Crippen molar-refractivity contribution in [1.29, 1.82) is 0 Å². The average molecular weight is 389 g/mol. The molecule has 0 unspecified atom stereocenters. The Morgan fingerprint density at radius 3 is 2.12 bits per heavy atom. The van der Waals surface area contributed by atoms with Crippen LogP contribution in [0.4, 0.5) is 10.1 Å². The van der Waals surface area contributed by atoms with Gasteiger partial charge in [-0.1, -0.05) is 23.2 Å². The van der Waals surface area contributed by atoms with Crippen LogP contribution in [0, 0.1) is 5.82 Å². The summed E-state index contributed by atoms with van der Waals surface area (Å²) in [5.74, 6) is -0.468. The largest absolute Gasteiger partial charge is 0.369 e. The van der Waals surface area contributed by atoms with Gasteiger partial charge in [0, 0.05) is 36.9 Å². The molecule has 0 spiro atoms. The van der Waals surface area contributed by atoms with Gasteiger partial charge in [-0.3, -0.25) is 0 Å². The lowest BCUT2D eigenvalue weighted by Crippen LogP contribution is -2.48. The van der Waals surface area contributed by atoms with Crippen molar-refractivity contribution in [3.63, 3.8) is 0 Å². The van der Waals surface area contributed by atoms with Crippen LogP contribution in [0.5, 0.6) is 0 Å². The van der Waals surface area contributed by atoms with Crippen LogP contribution in [0.15, 0.2) is 47.4 Å². The third-order valence-electron chi connectivity index (χ3n) is 3.96. The van der Waals surface area contributed by atoms with Crippen LogP contribution in [0.3, 0.4) is 0 Å². The van der Waals surface area contributed by atoms with E-state index in [4.69, 9.17) is 23.2 Å². The van der Waals surface area contributed by atoms with Crippen molar-refractivity contribution in [2.75, 3.05) is 31.1 Å². The van der Waals surface area contributed by atoms with Crippen molar-refractivity contribution in [3.8, 4) is 0 Å². The summed E-state index contributed by atoms with van der Waals surface area (Å²) < 4.78 is 40.0. The van der Waals surface area contributed by atoms with E-state index in [0.717, 1.165) is 5.69 Å². The Kier molecular flexibility index (Phi) is 5.01. The molecule has 0 saturated carbocycles. The van der Waals surface area contributed by atoms with E-state index >= 15 is 0 Å². The first kappa shape index (κ1) is 17.5. The van der Waals surface area contributed by atoms with E-state index in [2.05, 4.69) is 0 Å². The maximum Gasteiger partial charge on any atom is 0.243 e. The molecular weight excluding hydrogens is 374 g/mol. The summed E-state index contributed by atoms with van der Waals surface area (Å²) in [7, 11) is -3.54. The molecule has 1 fully saturated rings. The second-order valence-corrected chi connectivity index (χ2v) is 8.23. The first-order valence-corrected chi connectivity index (χ1v) is 9.53. The zero-order valence-corrected chi connectivity index (χ0v) is 15.0. The molecule has 3 rings (SSSR count). The average Bonchev–Trinajstić information content (AvgIpc) is 2.58. The predicted octanol–water partition coefficient (Wildman–Crippen LogP) is 3.64. The maximum absolute atomic E-state index is 13.3. The van der Waals surface area contributed by atoms with Crippen molar-refractivity contribution in [1.82, 2.24) is 4.31 Å². The fourth-order valence-electron chi connectivity index (χ4n) is 2.62. The molecule has 1 saturated heterocycles. The van der Waals surface area contributed by atoms with Crippen molar-refractivity contribution in [2.45, 2.75) is 4.90 Å². The summed E-state index contributed by atoms with van der Waals surface area (Å²) in [4.78, 5) is 2.21. The van der Waals surface area contributed by atoms with Gasteiger partial charge in [0.05, 0.1) is 9.92 Å². The standard InChI is InChI=1S/C16H15Cl2FN2O2S/c17-12-1-4-14(5-2-12)24(22,23)21-9-7-20(8-10-21)13-3-6-16(19)15(18)11-13/h1-6,11H,7-10H2. The number of hydrogen-bond acceptors (Lipinski definition) is 3. The Hall–Kier alpha value is -1.34. The van der Waals surface area contributed by atoms with Crippen LogP contribution in [-0.2, 0) is 10.0 Å². The zero-order chi connectivity index (χ0) is 17.3. The minimum absolute atomic E-state index is 0.0590. The number of halogens is 3. The second kappa shape index (κ2) is 6.88. The van der Waals surface area contributed by atoms with E-state index < -0.39 is 15.8 Å². The molecule has 0 N–H and O–H groups in total. The minimum Gasteiger partial charge on any atom is -0.369 e. The fourth-order valence-corrected chi connectivity index (χ4v) is 4.35. The molecule has 0 amide bonds. The first-order chi connectivity index (χ1) is 11.4. The molecule has 0 aromatic heterocycles. The molecule has 8 heteroatoms. The lowest BCUT2D eigenvalue weighted by atomic mass is 10.2. The van der Waals surface area contributed by atoms with Crippen LogP contribution in [-0.4, -0.2) is 38.9 Å². The SMILES string of the molecule is O=S(=O)(c1ccc(Cl)cc1)N1CCN(c2ccc(F)c(Cl)c2)CC1. The molecular formula is C16H15Cl2FN2O2S. The third-order valence-corrected chi connectivity index (χ3v) is 6.41. The van der Waals surface area contributed by atoms with Crippen LogP contribution >= 0.6 is 23.2 Å². The van der Waals surface area contributed by atoms with Crippen molar-refractivity contribution in [3.05, 3.63) is 58.3 Å². The normalized spacial score (nSPS) is 16.4. The molecule has 1 aliphatic heterocycles. The Morgan fingerprint density at radius 2 is 1.54 bits per heavy atom.